The Hall–Kier alpha value is -3.43. The number of aromatic nitrogens is 3. The first-order chi connectivity index (χ1) is 17.4. The number of anilines is 1. The van der Waals surface area contributed by atoms with Gasteiger partial charge in [0.15, 0.2) is 5.82 Å². The summed E-state index contributed by atoms with van der Waals surface area (Å²) >= 11 is 0. The maximum Gasteiger partial charge on any atom is 0.175 e. The Balaban J connectivity index is 1.51. The molecule has 0 saturated carbocycles. The minimum atomic E-state index is 0.397. The lowest BCUT2D eigenvalue weighted by Gasteiger charge is -2.20. The molecule has 190 valence electrons. The van der Waals surface area contributed by atoms with Gasteiger partial charge in [-0.15, -0.1) is 5.10 Å². The molecule has 0 amide bonds. The Morgan fingerprint density at radius 1 is 1.22 bits per heavy atom. The first kappa shape index (κ1) is 24.3. The molecule has 0 spiro atoms. The summed E-state index contributed by atoms with van der Waals surface area (Å²) in [4.78, 5) is 13.0. The van der Waals surface area contributed by atoms with E-state index in [1.54, 1.807) is 0 Å². The quantitative estimate of drug-likeness (QED) is 0.425. The summed E-state index contributed by atoms with van der Waals surface area (Å²) in [6, 6.07) is 5.94. The van der Waals surface area contributed by atoms with Crippen LogP contribution in [0.1, 0.15) is 35.4 Å². The highest BCUT2D eigenvalue weighted by molar-refractivity contribution is 6.54. The maximum absolute atomic E-state index is 9.05. The molecule has 0 aromatic carbocycles. The second-order valence-corrected chi connectivity index (χ2v) is 9.86. The normalized spacial score (nSPS) is 17.3. The number of nitrogens with zero attached hydrogens (tertiary/aromatic N) is 5. The second kappa shape index (κ2) is 10.3. The third-order valence-electron chi connectivity index (χ3n) is 6.98. The average molecular weight is 489 g/mol. The number of nitrogens with one attached hydrogen (secondary N) is 3. The predicted octanol–water partition coefficient (Wildman–Crippen LogP) is 3.86. The van der Waals surface area contributed by atoms with Gasteiger partial charge in [0.05, 0.1) is 22.6 Å². The number of aromatic amines is 1. The monoisotopic (exact) mass is 488 g/mol. The van der Waals surface area contributed by atoms with E-state index in [4.69, 9.17) is 20.2 Å². The van der Waals surface area contributed by atoms with Crippen LogP contribution in [0.4, 0.5) is 11.5 Å². The minimum absolute atomic E-state index is 0.397. The molecular formula is C27H36N8O. The molecule has 4 heterocycles. The maximum atomic E-state index is 9.05. The molecular weight excluding hydrogens is 452 g/mol. The molecule has 3 N–H and O–H groups in total. The smallest absolute Gasteiger partial charge is 0.175 e. The van der Waals surface area contributed by atoms with Gasteiger partial charge in [-0.3, -0.25) is 10.3 Å². The zero-order valence-electron chi connectivity index (χ0n) is 21.7. The number of ether oxygens (including phenoxy) is 1. The number of allylic oxidation sites excluding steroid dienone is 1. The van der Waals surface area contributed by atoms with Gasteiger partial charge in [0.1, 0.15) is 18.1 Å². The number of fused-ring (bicyclic) bond motifs is 2. The van der Waals surface area contributed by atoms with Crippen molar-refractivity contribution in [1.82, 2.24) is 24.4 Å². The zero-order valence-corrected chi connectivity index (χ0v) is 21.7. The Bertz CT molecular complexity index is 1320. The van der Waals surface area contributed by atoms with Crippen LogP contribution in [0.2, 0.25) is 0 Å². The van der Waals surface area contributed by atoms with Crippen molar-refractivity contribution in [3.8, 4) is 0 Å². The fraction of sp³-hybridized carbons (Fsp3) is 0.444. The standard InChI is InChI=1S/C27H36N8O/c1-18-19(2)30-26-22(36-16-15-34-11-7-8-12-34)17-20(24(28)23(18)26)31-25-21-9-5-6-13-35(21)32-27(25)29-10-14-33(3)4/h5-6,9,13,17,28,30H,7-8,10-12,14-16H2,1-4H3,(H,29,32). The molecule has 0 radical (unpaired) electrons. The predicted molar refractivity (Wildman–Crippen MR) is 146 cm³/mol. The van der Waals surface area contributed by atoms with E-state index in [1.807, 2.05) is 62.9 Å². The highest BCUT2D eigenvalue weighted by atomic mass is 16.5. The third-order valence-corrected chi connectivity index (χ3v) is 6.98. The van der Waals surface area contributed by atoms with Crippen molar-refractivity contribution in [3.05, 3.63) is 53.0 Å². The summed E-state index contributed by atoms with van der Waals surface area (Å²) in [5, 5.41) is 17.2. The molecule has 0 unspecified atom stereocenters. The van der Waals surface area contributed by atoms with Gasteiger partial charge in [-0.05, 0) is 71.6 Å². The molecule has 36 heavy (non-hydrogen) atoms. The highest BCUT2D eigenvalue weighted by Gasteiger charge is 2.28. The van der Waals surface area contributed by atoms with Crippen LogP contribution in [0.3, 0.4) is 0 Å². The molecule has 0 atom stereocenters. The van der Waals surface area contributed by atoms with Crippen molar-refractivity contribution in [2.45, 2.75) is 26.7 Å². The molecule has 9 nitrogen and oxygen atoms in total. The van der Waals surface area contributed by atoms with Crippen LogP contribution in [0.15, 0.2) is 35.5 Å². The van der Waals surface area contributed by atoms with Crippen molar-refractivity contribution < 1.29 is 4.74 Å². The van der Waals surface area contributed by atoms with Gasteiger partial charge >= 0.3 is 0 Å². The van der Waals surface area contributed by atoms with Crippen LogP contribution < -0.4 is 5.32 Å². The number of aryl methyl sites for hydroxylation is 1. The number of H-pyrrole nitrogens is 1. The van der Waals surface area contributed by atoms with E-state index in [1.165, 1.54) is 12.8 Å². The fourth-order valence-corrected chi connectivity index (χ4v) is 4.84. The number of rotatable bonds is 9. The van der Waals surface area contributed by atoms with E-state index >= 15 is 0 Å². The van der Waals surface area contributed by atoms with Crippen LogP contribution in [0, 0.1) is 19.3 Å². The number of likely N-dealkylation sites (tertiary alicyclic amines) is 1. The van der Waals surface area contributed by atoms with E-state index < -0.39 is 0 Å². The van der Waals surface area contributed by atoms with Crippen LogP contribution >= 0.6 is 0 Å². The van der Waals surface area contributed by atoms with Crippen molar-refractivity contribution in [3.63, 3.8) is 0 Å². The van der Waals surface area contributed by atoms with Gasteiger partial charge in [0, 0.05) is 43.2 Å². The van der Waals surface area contributed by atoms with Gasteiger partial charge in [0.2, 0.25) is 0 Å². The van der Waals surface area contributed by atoms with Crippen LogP contribution in [-0.4, -0.2) is 89.2 Å². The molecule has 2 aliphatic rings. The molecule has 1 fully saturated rings. The largest absolute Gasteiger partial charge is 0.490 e. The molecule has 1 aliphatic carbocycles. The van der Waals surface area contributed by atoms with E-state index in [-0.39, 0.29) is 0 Å². The molecule has 3 aromatic rings. The van der Waals surface area contributed by atoms with Gasteiger partial charge in [-0.2, -0.15) is 0 Å². The fourth-order valence-electron chi connectivity index (χ4n) is 4.84. The average Bonchev–Trinajstić information content (AvgIpc) is 3.56. The number of hydrogen-bond acceptors (Lipinski definition) is 7. The third kappa shape index (κ3) is 4.81. The number of hydrogen-bond donors (Lipinski definition) is 3. The lowest BCUT2D eigenvalue weighted by molar-refractivity contribution is 0.213. The highest BCUT2D eigenvalue weighted by Crippen LogP contribution is 2.34. The van der Waals surface area contributed by atoms with Crippen molar-refractivity contribution in [1.29, 1.82) is 5.41 Å². The lowest BCUT2D eigenvalue weighted by atomic mass is 9.95. The number of pyridine rings is 1. The van der Waals surface area contributed by atoms with Crippen molar-refractivity contribution >= 4 is 34.2 Å². The molecule has 9 heteroatoms. The molecule has 3 aromatic heterocycles. The van der Waals surface area contributed by atoms with Gasteiger partial charge in [-0.1, -0.05) is 6.07 Å². The topological polar surface area (TPSA) is 97.0 Å². The molecule has 1 aliphatic heterocycles. The van der Waals surface area contributed by atoms with Crippen LogP contribution in [0.5, 0.6) is 0 Å². The van der Waals surface area contributed by atoms with E-state index in [0.29, 0.717) is 23.8 Å². The Morgan fingerprint density at radius 2 is 2.03 bits per heavy atom. The Labute approximate surface area is 212 Å². The van der Waals surface area contributed by atoms with Crippen molar-refractivity contribution in [2.24, 2.45) is 4.99 Å². The van der Waals surface area contributed by atoms with E-state index in [0.717, 1.165) is 72.2 Å². The summed E-state index contributed by atoms with van der Waals surface area (Å²) < 4.78 is 8.15. The zero-order chi connectivity index (χ0) is 25.2. The first-order valence-corrected chi connectivity index (χ1v) is 12.7. The lowest BCUT2D eigenvalue weighted by Crippen LogP contribution is -2.25. The number of likely N-dealkylation sites (N-methyl/N-ethyl adjacent to an activating group) is 1. The second-order valence-electron chi connectivity index (χ2n) is 9.86. The molecule has 0 bridgehead atoms. The Morgan fingerprint density at radius 3 is 2.81 bits per heavy atom. The number of aliphatic imine (C=N–C) groups is 1. The van der Waals surface area contributed by atoms with Crippen molar-refractivity contribution in [2.75, 3.05) is 58.7 Å². The Kier molecular flexibility index (Phi) is 6.93. The van der Waals surface area contributed by atoms with E-state index in [2.05, 4.69) is 20.1 Å². The molecule has 1 saturated heterocycles. The van der Waals surface area contributed by atoms with Crippen LogP contribution in [0.25, 0.3) is 11.3 Å². The summed E-state index contributed by atoms with van der Waals surface area (Å²) in [7, 11) is 4.09. The van der Waals surface area contributed by atoms with E-state index in [9.17, 15) is 0 Å². The summed E-state index contributed by atoms with van der Waals surface area (Å²) in [6.45, 7) is 9.51. The van der Waals surface area contributed by atoms with Crippen LogP contribution in [-0.2, 0) is 4.74 Å². The SMILES string of the molecule is Cc1[nH]c2c(c1C)C(=N)C(=Nc1c(NCCN(C)C)nn3ccccc13)C=C2OCCN1CCCC1. The first-order valence-electron chi connectivity index (χ1n) is 12.7. The summed E-state index contributed by atoms with van der Waals surface area (Å²) in [5.41, 5.74) is 6.44. The summed E-state index contributed by atoms with van der Waals surface area (Å²) in [6.07, 6.45) is 6.35. The minimum Gasteiger partial charge on any atom is -0.490 e. The summed E-state index contributed by atoms with van der Waals surface area (Å²) in [5.74, 6) is 1.45. The van der Waals surface area contributed by atoms with Gasteiger partial charge in [-0.25, -0.2) is 9.51 Å². The van der Waals surface area contributed by atoms with Gasteiger partial charge < -0.3 is 19.9 Å². The molecule has 5 rings (SSSR count). The van der Waals surface area contributed by atoms with Gasteiger partial charge in [0.25, 0.3) is 0 Å².